The molecule has 1 rings (SSSR count). The van der Waals surface area contributed by atoms with Crippen LogP contribution in [-0.4, -0.2) is 23.2 Å². The van der Waals surface area contributed by atoms with Crippen molar-refractivity contribution in [3.63, 3.8) is 0 Å². The summed E-state index contributed by atoms with van der Waals surface area (Å²) in [6, 6.07) is 5.24. The predicted molar refractivity (Wildman–Crippen MR) is 59.6 cm³/mol. The number of halogens is 1. The second-order valence-corrected chi connectivity index (χ2v) is 3.97. The highest BCUT2D eigenvalue weighted by molar-refractivity contribution is 5.94. The topological polar surface area (TPSA) is 49.3 Å². The normalized spacial score (nSPS) is 14.2. The van der Waals surface area contributed by atoms with Crippen LogP contribution in [0.1, 0.15) is 30.6 Å². The summed E-state index contributed by atoms with van der Waals surface area (Å²) in [6.45, 7) is 3.48. The number of benzene rings is 1. The molecule has 0 fully saturated rings. The summed E-state index contributed by atoms with van der Waals surface area (Å²) >= 11 is 0. The second-order valence-electron chi connectivity index (χ2n) is 3.97. The largest absolute Gasteiger partial charge is 0.393 e. The number of aliphatic hydroxyl groups excluding tert-OH is 1. The lowest BCUT2D eigenvalue weighted by Gasteiger charge is -2.15. The highest BCUT2D eigenvalue weighted by Gasteiger charge is 2.11. The summed E-state index contributed by atoms with van der Waals surface area (Å²) in [6.07, 6.45) is 0.0379. The van der Waals surface area contributed by atoms with Gasteiger partial charge in [-0.05, 0) is 44.5 Å². The molecule has 1 aromatic rings. The smallest absolute Gasteiger partial charge is 0.251 e. The van der Waals surface area contributed by atoms with E-state index in [0.717, 1.165) is 0 Å². The van der Waals surface area contributed by atoms with Crippen LogP contribution in [0, 0.1) is 5.82 Å². The summed E-state index contributed by atoms with van der Waals surface area (Å²) in [5, 5.41) is 11.9. The molecule has 16 heavy (non-hydrogen) atoms. The number of hydrogen-bond donors (Lipinski definition) is 2. The molecule has 0 radical (unpaired) electrons. The summed E-state index contributed by atoms with van der Waals surface area (Å²) in [7, 11) is 0. The highest BCUT2D eigenvalue weighted by atomic mass is 19.1. The van der Waals surface area contributed by atoms with E-state index in [2.05, 4.69) is 5.32 Å². The lowest BCUT2D eigenvalue weighted by atomic mass is 10.1. The first-order chi connectivity index (χ1) is 7.49. The lowest BCUT2D eigenvalue weighted by molar-refractivity contribution is 0.0923. The first-order valence-corrected chi connectivity index (χ1v) is 5.23. The first-order valence-electron chi connectivity index (χ1n) is 5.23. The molecule has 0 aliphatic heterocycles. The Kier molecular flexibility index (Phi) is 4.43. The van der Waals surface area contributed by atoms with Crippen LogP contribution in [0.25, 0.3) is 0 Å². The molecule has 0 saturated carbocycles. The average Bonchev–Trinajstić information content (AvgIpc) is 2.16. The molecule has 1 aromatic carbocycles. The van der Waals surface area contributed by atoms with E-state index in [-0.39, 0.29) is 17.8 Å². The van der Waals surface area contributed by atoms with Crippen LogP contribution < -0.4 is 5.32 Å². The highest BCUT2D eigenvalue weighted by Crippen LogP contribution is 2.04. The Balaban J connectivity index is 2.55. The zero-order valence-electron chi connectivity index (χ0n) is 9.40. The van der Waals surface area contributed by atoms with Crippen molar-refractivity contribution in [2.24, 2.45) is 0 Å². The molecule has 0 heterocycles. The van der Waals surface area contributed by atoms with Gasteiger partial charge in [0.1, 0.15) is 5.82 Å². The molecule has 0 saturated heterocycles. The summed E-state index contributed by atoms with van der Waals surface area (Å²) in [5.74, 6) is -0.623. The molecule has 0 bridgehead atoms. The van der Waals surface area contributed by atoms with Crippen molar-refractivity contribution in [1.82, 2.24) is 5.32 Å². The van der Waals surface area contributed by atoms with Gasteiger partial charge in [0.25, 0.3) is 5.91 Å². The van der Waals surface area contributed by atoms with Crippen molar-refractivity contribution in [3.8, 4) is 0 Å². The Morgan fingerprint density at radius 3 is 2.44 bits per heavy atom. The minimum absolute atomic E-state index is 0.113. The van der Waals surface area contributed by atoms with E-state index in [9.17, 15) is 9.18 Å². The van der Waals surface area contributed by atoms with Gasteiger partial charge >= 0.3 is 0 Å². The van der Waals surface area contributed by atoms with Gasteiger partial charge in [-0.15, -0.1) is 0 Å². The Bertz CT molecular complexity index is 349. The molecular weight excluding hydrogens is 209 g/mol. The van der Waals surface area contributed by atoms with Crippen LogP contribution in [0.3, 0.4) is 0 Å². The first kappa shape index (κ1) is 12.6. The van der Waals surface area contributed by atoms with E-state index < -0.39 is 6.10 Å². The van der Waals surface area contributed by atoms with Gasteiger partial charge in [-0.25, -0.2) is 4.39 Å². The standard InChI is InChI=1S/C12H16FNO2/c1-8(7-9(2)15)14-12(16)10-3-5-11(13)6-4-10/h3-6,8-9,15H,7H2,1-2H3,(H,14,16). The number of amides is 1. The number of hydrogen-bond acceptors (Lipinski definition) is 2. The van der Waals surface area contributed by atoms with E-state index in [1.54, 1.807) is 6.92 Å². The van der Waals surface area contributed by atoms with E-state index in [4.69, 9.17) is 5.11 Å². The summed E-state index contributed by atoms with van der Waals surface area (Å²) in [4.78, 5) is 11.6. The van der Waals surface area contributed by atoms with Crippen molar-refractivity contribution in [3.05, 3.63) is 35.6 Å². The van der Waals surface area contributed by atoms with Crippen molar-refractivity contribution in [2.45, 2.75) is 32.4 Å². The van der Waals surface area contributed by atoms with Crippen molar-refractivity contribution < 1.29 is 14.3 Å². The number of rotatable bonds is 4. The Hall–Kier alpha value is -1.42. The number of carbonyl (C=O) groups is 1. The van der Waals surface area contributed by atoms with Gasteiger partial charge in [-0.2, -0.15) is 0 Å². The van der Waals surface area contributed by atoms with Crippen LogP contribution in [0.5, 0.6) is 0 Å². The monoisotopic (exact) mass is 225 g/mol. The fourth-order valence-electron chi connectivity index (χ4n) is 1.48. The van der Waals surface area contributed by atoms with E-state index in [1.807, 2.05) is 6.92 Å². The maximum Gasteiger partial charge on any atom is 0.251 e. The third kappa shape index (κ3) is 3.98. The molecule has 4 heteroatoms. The van der Waals surface area contributed by atoms with Gasteiger partial charge in [0, 0.05) is 11.6 Å². The SMILES string of the molecule is CC(O)CC(C)NC(=O)c1ccc(F)cc1. The third-order valence-electron chi connectivity index (χ3n) is 2.18. The van der Waals surface area contributed by atoms with E-state index in [0.29, 0.717) is 12.0 Å². The second kappa shape index (κ2) is 5.61. The number of carbonyl (C=O) groups excluding carboxylic acids is 1. The summed E-state index contributed by atoms with van der Waals surface area (Å²) < 4.78 is 12.6. The molecule has 88 valence electrons. The van der Waals surface area contributed by atoms with Gasteiger partial charge in [0.05, 0.1) is 6.10 Å². The van der Waals surface area contributed by atoms with Gasteiger partial charge in [-0.3, -0.25) is 4.79 Å². The van der Waals surface area contributed by atoms with Crippen molar-refractivity contribution in [2.75, 3.05) is 0 Å². The zero-order valence-corrected chi connectivity index (χ0v) is 9.40. The maximum atomic E-state index is 12.6. The van der Waals surface area contributed by atoms with Crippen molar-refractivity contribution >= 4 is 5.91 Å². The Morgan fingerprint density at radius 2 is 1.94 bits per heavy atom. The molecule has 0 aromatic heterocycles. The van der Waals surface area contributed by atoms with Gasteiger partial charge in [-0.1, -0.05) is 0 Å². The summed E-state index contributed by atoms with van der Waals surface area (Å²) in [5.41, 5.74) is 0.416. The lowest BCUT2D eigenvalue weighted by Crippen LogP contribution is -2.34. The van der Waals surface area contributed by atoms with Gasteiger partial charge in [0.15, 0.2) is 0 Å². The molecule has 3 nitrogen and oxygen atoms in total. The third-order valence-corrected chi connectivity index (χ3v) is 2.18. The van der Waals surface area contributed by atoms with Crippen LogP contribution in [0.15, 0.2) is 24.3 Å². The maximum absolute atomic E-state index is 12.6. The quantitative estimate of drug-likeness (QED) is 0.819. The number of nitrogens with one attached hydrogen (secondary N) is 1. The molecule has 1 amide bonds. The predicted octanol–water partition coefficient (Wildman–Crippen LogP) is 1.71. The minimum Gasteiger partial charge on any atom is -0.393 e. The molecule has 2 atom stereocenters. The molecule has 2 unspecified atom stereocenters. The molecule has 2 N–H and O–H groups in total. The van der Waals surface area contributed by atoms with Crippen LogP contribution in [0.2, 0.25) is 0 Å². The Morgan fingerprint density at radius 1 is 1.38 bits per heavy atom. The molecule has 0 aliphatic rings. The van der Waals surface area contributed by atoms with Crippen molar-refractivity contribution in [1.29, 1.82) is 0 Å². The fourth-order valence-corrected chi connectivity index (χ4v) is 1.48. The zero-order chi connectivity index (χ0) is 12.1. The van der Waals surface area contributed by atoms with E-state index >= 15 is 0 Å². The van der Waals surface area contributed by atoms with Crippen LogP contribution in [-0.2, 0) is 0 Å². The van der Waals surface area contributed by atoms with Gasteiger partial charge < -0.3 is 10.4 Å². The van der Waals surface area contributed by atoms with Gasteiger partial charge in [0.2, 0.25) is 0 Å². The fraction of sp³-hybridized carbons (Fsp3) is 0.417. The average molecular weight is 225 g/mol. The molecule has 0 aliphatic carbocycles. The number of aliphatic hydroxyl groups is 1. The minimum atomic E-state index is -0.455. The Labute approximate surface area is 94.3 Å². The van der Waals surface area contributed by atoms with E-state index in [1.165, 1.54) is 24.3 Å². The van der Waals surface area contributed by atoms with Crippen LogP contribution in [0.4, 0.5) is 4.39 Å². The van der Waals surface area contributed by atoms with Crippen LogP contribution >= 0.6 is 0 Å². The molecule has 0 spiro atoms. The molecular formula is C12H16FNO2.